The topological polar surface area (TPSA) is 242 Å². The lowest BCUT2D eigenvalue weighted by Crippen LogP contribution is -2.41. The van der Waals surface area contributed by atoms with Crippen molar-refractivity contribution in [1.82, 2.24) is 29.7 Å². The van der Waals surface area contributed by atoms with Crippen LogP contribution < -0.4 is 31.4 Å². The van der Waals surface area contributed by atoms with Crippen molar-refractivity contribution in [2.75, 3.05) is 35.4 Å². The van der Waals surface area contributed by atoms with Crippen molar-refractivity contribution in [3.05, 3.63) is 250 Å². The average molecular weight is 1280 g/mol. The molecule has 0 aliphatic carbocycles. The fourth-order valence-corrected chi connectivity index (χ4v) is 11.4. The van der Waals surface area contributed by atoms with Gasteiger partial charge < -0.3 is 31.4 Å². The Kier molecular flexibility index (Phi) is 18.9. The van der Waals surface area contributed by atoms with Gasteiger partial charge in [-0.25, -0.2) is 29.9 Å². The summed E-state index contributed by atoms with van der Waals surface area (Å²) in [5.74, 6) is -1.75. The third kappa shape index (κ3) is 12.2. The van der Waals surface area contributed by atoms with Crippen LogP contribution in [0.4, 0.5) is 26.3 Å². The van der Waals surface area contributed by atoms with Gasteiger partial charge in [0.1, 0.15) is 17.2 Å². The zero-order chi connectivity index (χ0) is 66.9. The second-order valence-electron chi connectivity index (χ2n) is 21.8. The highest BCUT2D eigenvalue weighted by Gasteiger charge is 2.52. The summed E-state index contributed by atoms with van der Waals surface area (Å²) < 4.78 is 95.8. The molecule has 3 atom stereocenters. The number of nitrogens with zero attached hydrogens (tertiary/aromatic N) is 9. The van der Waals surface area contributed by atoms with Crippen LogP contribution >= 0.6 is 0 Å². The third-order valence-electron chi connectivity index (χ3n) is 16.2. The van der Waals surface area contributed by atoms with Crippen LogP contribution in [0.1, 0.15) is 50.1 Å². The maximum absolute atomic E-state index is 14.3. The zero-order valence-corrected chi connectivity index (χ0v) is 51.9. The van der Waals surface area contributed by atoms with E-state index in [9.17, 15) is 40.7 Å². The van der Waals surface area contributed by atoms with Crippen LogP contribution in [-0.2, 0) is 31.0 Å². The largest absolute Gasteiger partial charge is 0.573 e. The summed E-state index contributed by atoms with van der Waals surface area (Å²) >= 11 is 0. The molecule has 0 saturated heterocycles. The monoisotopic (exact) mass is 1280 g/mol. The van der Waals surface area contributed by atoms with Gasteiger partial charge in [0.25, 0.3) is 17.7 Å². The summed E-state index contributed by atoms with van der Waals surface area (Å²) in [6.45, 7) is 5.22. The van der Waals surface area contributed by atoms with Crippen molar-refractivity contribution in [2.45, 2.75) is 43.8 Å². The Morgan fingerprint density at radius 2 is 0.681 bits per heavy atom. The molecule has 3 aliphatic rings. The first kappa shape index (κ1) is 67.0. The number of hydrogen-bond donors (Lipinski definition) is 3. The molecule has 25 heteroatoms. The average Bonchev–Trinajstić information content (AvgIpc) is 1.53. The van der Waals surface area contributed by atoms with Crippen LogP contribution in [0.2, 0.25) is 0 Å². The minimum Gasteiger partial charge on any atom is -0.496 e. The van der Waals surface area contributed by atoms with E-state index >= 15 is 0 Å². The number of nitrogens with two attached hydrogens (primary N) is 3. The number of guanidine groups is 3. The number of likely N-dealkylation sites (N-methyl/N-ethyl adjacent to an activating group) is 3. The van der Waals surface area contributed by atoms with Crippen molar-refractivity contribution in [3.8, 4) is 50.6 Å². The van der Waals surface area contributed by atoms with Crippen molar-refractivity contribution in [2.24, 2.45) is 32.2 Å². The molecule has 0 saturated carbocycles. The van der Waals surface area contributed by atoms with Crippen LogP contribution in [0, 0.1) is 38.6 Å². The minimum absolute atomic E-state index is 0. The van der Waals surface area contributed by atoms with Gasteiger partial charge in [0.05, 0.1) is 14.2 Å². The van der Waals surface area contributed by atoms with E-state index in [0.717, 1.165) is 22.1 Å². The number of methoxy groups -OCH3 is 2. The summed E-state index contributed by atoms with van der Waals surface area (Å²) in [6, 6.07) is 45.2. The van der Waals surface area contributed by atoms with Gasteiger partial charge in [-0.3, -0.25) is 29.1 Å². The molecule has 12 rings (SSSR count). The first-order valence-electron chi connectivity index (χ1n) is 28.5. The Bertz CT molecular complexity index is 4350. The highest BCUT2D eigenvalue weighted by molar-refractivity contribution is 6.11. The molecule has 1 unspecified atom stereocenters. The lowest BCUT2D eigenvalue weighted by molar-refractivity contribution is -0.274. The predicted octanol–water partition coefficient (Wildman–Crippen LogP) is 10.2. The molecule has 6 aromatic carbocycles. The number of aromatic nitrogens is 3. The fourth-order valence-electron chi connectivity index (χ4n) is 11.4. The molecule has 3 radical (unpaired) electrons. The van der Waals surface area contributed by atoms with Gasteiger partial charge in [-0.2, -0.15) is 13.2 Å². The summed E-state index contributed by atoms with van der Waals surface area (Å²) in [6.07, 6.45) is -0.758. The third-order valence-corrected chi connectivity index (χ3v) is 16.2. The highest BCUT2D eigenvalue weighted by atomic mass is 19.4. The Morgan fingerprint density at radius 1 is 0.404 bits per heavy atom. The van der Waals surface area contributed by atoms with Gasteiger partial charge in [0.15, 0.2) is 34.5 Å². The number of rotatable bonds is 12. The van der Waals surface area contributed by atoms with E-state index in [1.807, 2.05) is 26.0 Å². The maximum atomic E-state index is 14.3. The highest BCUT2D eigenvalue weighted by Crippen LogP contribution is 2.46. The number of aliphatic imine (C=N–C) groups is 3. The molecule has 0 spiro atoms. The Labute approximate surface area is 538 Å². The number of amides is 3. The van der Waals surface area contributed by atoms with Crippen molar-refractivity contribution in [1.29, 1.82) is 0 Å². The number of carbonyl (C=O) groups is 3. The van der Waals surface area contributed by atoms with Crippen LogP contribution in [0.5, 0.6) is 17.2 Å². The van der Waals surface area contributed by atoms with Crippen molar-refractivity contribution >= 4 is 44.0 Å². The number of aryl methyl sites for hydroxylation is 3. The number of pyridine rings is 3. The number of ether oxygens (including phenoxy) is 3. The van der Waals surface area contributed by atoms with Crippen LogP contribution in [0.3, 0.4) is 0 Å². The second-order valence-corrected chi connectivity index (χ2v) is 21.8. The van der Waals surface area contributed by atoms with E-state index in [2.05, 4.69) is 34.7 Å². The van der Waals surface area contributed by atoms with Crippen LogP contribution in [-0.4, -0.2) is 115 Å². The second kappa shape index (κ2) is 26.5. The molecule has 6 N–H and O–H groups in total. The first-order valence-corrected chi connectivity index (χ1v) is 28.5. The quantitative estimate of drug-likeness (QED) is 0.0588. The van der Waals surface area contributed by atoms with E-state index in [0.29, 0.717) is 67.1 Å². The van der Waals surface area contributed by atoms with Gasteiger partial charge in [0, 0.05) is 64.8 Å². The van der Waals surface area contributed by atoms with E-state index in [4.69, 9.17) is 26.7 Å². The Morgan fingerprint density at radius 3 is 0.915 bits per heavy atom. The normalized spacial score (nSPS) is 18.3. The molecule has 477 valence electrons. The SMILES string of the molecule is COc1ccc(C2(c3cccc(-c4cccnc4F)c3)N=C(N)N(C)C2=O)cc1C.COc1ccc([C@@]2(c3cccc(-c4cccnc4F)c3)N=C(N)N(C)C2=O)cc1C.Cc1cc([C@]2(c3cccc(-c4cccnc4F)c3)N=C(N)N(C)C2=O)ccc1OC(F)(F)F.[B]. The van der Waals surface area contributed by atoms with Gasteiger partial charge in [0.2, 0.25) is 17.8 Å². The number of hydrogen-bond acceptors (Lipinski definition) is 15. The van der Waals surface area contributed by atoms with E-state index in [1.54, 1.807) is 162 Å². The molecule has 3 aromatic heterocycles. The smallest absolute Gasteiger partial charge is 0.496 e. The van der Waals surface area contributed by atoms with Gasteiger partial charge in [-0.05, 0) is 179 Å². The number of carbonyl (C=O) groups excluding carboxylic acids is 3. The first-order chi connectivity index (χ1) is 44.3. The molecular weight excluding hydrogens is 1220 g/mol. The molecule has 3 aliphatic heterocycles. The fraction of sp³-hybridized carbons (Fsp3) is 0.174. The van der Waals surface area contributed by atoms with E-state index < -0.39 is 52.5 Å². The summed E-state index contributed by atoms with van der Waals surface area (Å²) in [5, 5.41) is 0. The Balaban J connectivity index is 0.000000165. The molecular formula is C69H60BF6N12O6. The van der Waals surface area contributed by atoms with Crippen LogP contribution in [0.25, 0.3) is 33.4 Å². The van der Waals surface area contributed by atoms with Gasteiger partial charge in [-0.1, -0.05) is 72.8 Å². The molecule has 0 fully saturated rings. The predicted molar refractivity (Wildman–Crippen MR) is 343 cm³/mol. The maximum Gasteiger partial charge on any atom is 0.573 e. The molecule has 0 bridgehead atoms. The molecule has 9 aromatic rings. The van der Waals surface area contributed by atoms with Crippen molar-refractivity contribution in [3.63, 3.8) is 0 Å². The molecule has 6 heterocycles. The number of alkyl halides is 3. The summed E-state index contributed by atoms with van der Waals surface area (Å²) in [4.78, 5) is 68.8. The zero-order valence-electron chi connectivity index (χ0n) is 51.9. The van der Waals surface area contributed by atoms with Crippen molar-refractivity contribution < 1.29 is 54.9 Å². The lowest BCUT2D eigenvalue weighted by atomic mass is 9.81. The number of benzene rings is 6. The lowest BCUT2D eigenvalue weighted by Gasteiger charge is -2.27. The van der Waals surface area contributed by atoms with Crippen LogP contribution in [0.15, 0.2) is 197 Å². The van der Waals surface area contributed by atoms with Gasteiger partial charge in [-0.15, -0.1) is 13.2 Å². The standard InChI is InChI=1S/C23H18F4N4O2.2C23H21FN4O2.B/c1-13-11-16(8-9-18(13)33-23(25,26)27)22(20(32)31(2)21(28)30-22)15-6-3-5-14(12-15)17-7-4-10-29-19(17)24;2*1-14-12-17(9-10-19(14)30-3)23(21(29)28(2)22(25)27-23)16-7-4-6-15(13-16)18-8-5-11-26-20(18)24;/h3-12H,1-2H3,(H2,28,30);2*4-13H,1-3H3,(H2,25,27);/t22-;23-;;/m01../s1. The van der Waals surface area contributed by atoms with Gasteiger partial charge >= 0.3 is 6.36 Å². The Hall–Kier alpha value is -11.4. The minimum atomic E-state index is -4.86. The molecule has 94 heavy (non-hydrogen) atoms. The summed E-state index contributed by atoms with van der Waals surface area (Å²) in [5.41, 5.74) is 21.2. The molecule has 18 nitrogen and oxygen atoms in total. The van der Waals surface area contributed by atoms with E-state index in [-0.39, 0.29) is 54.8 Å². The summed E-state index contributed by atoms with van der Waals surface area (Å²) in [7, 11) is 7.80. The molecule has 3 amide bonds. The number of halogens is 6. The van der Waals surface area contributed by atoms with E-state index in [1.165, 1.54) is 54.5 Å².